The van der Waals surface area contributed by atoms with E-state index in [2.05, 4.69) is 4.98 Å². The van der Waals surface area contributed by atoms with Gasteiger partial charge in [0.2, 0.25) is 0 Å². The van der Waals surface area contributed by atoms with Gasteiger partial charge in [-0.25, -0.2) is 9.50 Å². The van der Waals surface area contributed by atoms with Gasteiger partial charge in [-0.15, -0.1) is 0 Å². The Labute approximate surface area is 200 Å². The van der Waals surface area contributed by atoms with E-state index in [9.17, 15) is 18.0 Å². The molecule has 9 heteroatoms. The van der Waals surface area contributed by atoms with Crippen molar-refractivity contribution in [2.24, 2.45) is 0 Å². The molecule has 2 aromatic heterocycles. The molecule has 3 heterocycles. The molecular weight excluding hydrogens is 455 g/mol. The maximum absolute atomic E-state index is 13.4. The molecule has 6 nitrogen and oxygen atoms in total. The van der Waals surface area contributed by atoms with E-state index in [1.54, 1.807) is 21.7 Å². The first-order valence-corrected chi connectivity index (χ1v) is 11.5. The summed E-state index contributed by atoms with van der Waals surface area (Å²) in [5.74, 6) is -0.142. The molecule has 0 spiro atoms. The number of hydrogen-bond donors (Lipinski definition) is 0. The molecule has 1 fully saturated rings. The van der Waals surface area contributed by atoms with E-state index in [1.807, 2.05) is 48.2 Å². The quantitative estimate of drug-likeness (QED) is 0.416. The number of carbonyl (C=O) groups excluding carboxylic acids is 1. The van der Waals surface area contributed by atoms with Gasteiger partial charge >= 0.3 is 6.18 Å². The van der Waals surface area contributed by atoms with Crippen LogP contribution in [-0.4, -0.2) is 51.6 Å². The lowest BCUT2D eigenvalue weighted by molar-refractivity contribution is -0.137. The minimum Gasteiger partial charge on any atom is -0.368 e. The highest BCUT2D eigenvalue weighted by Gasteiger charge is 2.31. The fourth-order valence-corrected chi connectivity index (χ4v) is 4.47. The van der Waals surface area contributed by atoms with Crippen LogP contribution in [0.25, 0.3) is 16.9 Å². The van der Waals surface area contributed by atoms with Gasteiger partial charge in [0.05, 0.1) is 22.5 Å². The van der Waals surface area contributed by atoms with Crippen molar-refractivity contribution in [2.45, 2.75) is 19.5 Å². The predicted octanol–water partition coefficient (Wildman–Crippen LogP) is 4.94. The highest BCUT2D eigenvalue weighted by molar-refractivity contribution is 5.95. The van der Waals surface area contributed by atoms with Crippen molar-refractivity contribution in [1.82, 2.24) is 19.5 Å². The first-order chi connectivity index (χ1) is 16.8. The number of carbonyl (C=O) groups is 1. The van der Waals surface area contributed by atoms with E-state index < -0.39 is 11.7 Å². The van der Waals surface area contributed by atoms with Gasteiger partial charge in [-0.1, -0.05) is 43.3 Å². The monoisotopic (exact) mass is 479 g/mol. The third kappa shape index (κ3) is 4.45. The van der Waals surface area contributed by atoms with Crippen molar-refractivity contribution in [1.29, 1.82) is 0 Å². The van der Waals surface area contributed by atoms with Crippen LogP contribution in [0.3, 0.4) is 0 Å². The number of anilines is 1. The summed E-state index contributed by atoms with van der Waals surface area (Å²) in [5.41, 5.74) is 3.54. The number of nitrogens with zero attached hydrogens (tertiary/aromatic N) is 5. The number of amides is 1. The third-order valence-corrected chi connectivity index (χ3v) is 6.32. The molecule has 5 rings (SSSR count). The van der Waals surface area contributed by atoms with Gasteiger partial charge in [-0.3, -0.25) is 4.79 Å². The molecule has 2 aromatic carbocycles. The summed E-state index contributed by atoms with van der Waals surface area (Å²) in [5, 5.41) is 4.71. The Hall–Kier alpha value is -3.88. The summed E-state index contributed by atoms with van der Waals surface area (Å²) < 4.78 is 41.0. The second kappa shape index (κ2) is 9.05. The Morgan fingerprint density at radius 2 is 1.71 bits per heavy atom. The molecule has 4 aromatic rings. The van der Waals surface area contributed by atoms with Crippen molar-refractivity contribution >= 4 is 17.2 Å². The Morgan fingerprint density at radius 3 is 2.40 bits per heavy atom. The number of alkyl halides is 3. The minimum absolute atomic E-state index is 0.142. The van der Waals surface area contributed by atoms with Crippen molar-refractivity contribution < 1.29 is 18.0 Å². The second-order valence-corrected chi connectivity index (χ2v) is 8.47. The Kier molecular flexibility index (Phi) is 5.92. The molecule has 0 aliphatic carbocycles. The number of fused-ring (bicyclic) bond motifs is 1. The number of benzene rings is 2. The van der Waals surface area contributed by atoms with Crippen molar-refractivity contribution in [3.63, 3.8) is 0 Å². The number of rotatable bonds is 4. The Bertz CT molecular complexity index is 1360. The third-order valence-electron chi connectivity index (χ3n) is 6.32. The van der Waals surface area contributed by atoms with E-state index >= 15 is 0 Å². The molecule has 1 saturated heterocycles. The standard InChI is InChI=1S/C26H24F3N5O/c1-2-23-21(17-30-24-16-22(31-34(23)24)18-7-4-3-5-8-18)25(35)33-13-11-32(12-14-33)20-10-6-9-19(15-20)26(27,28)29/h3-10,15-17H,2,11-14H2,1H3. The average Bonchev–Trinajstić information content (AvgIpc) is 3.32. The van der Waals surface area contributed by atoms with Crippen LogP contribution in [0, 0.1) is 0 Å². The molecule has 0 radical (unpaired) electrons. The van der Waals surface area contributed by atoms with E-state index in [0.29, 0.717) is 49.5 Å². The molecule has 0 atom stereocenters. The summed E-state index contributed by atoms with van der Waals surface area (Å²) in [6.45, 7) is 3.69. The average molecular weight is 480 g/mol. The van der Waals surface area contributed by atoms with Crippen molar-refractivity contribution in [3.05, 3.63) is 83.7 Å². The summed E-state index contributed by atoms with van der Waals surface area (Å²) in [6, 6.07) is 17.0. The molecule has 1 aliphatic heterocycles. The Morgan fingerprint density at radius 1 is 0.971 bits per heavy atom. The summed E-state index contributed by atoms with van der Waals surface area (Å²) in [4.78, 5) is 21.5. The van der Waals surface area contributed by atoms with Crippen LogP contribution in [0.4, 0.5) is 18.9 Å². The van der Waals surface area contributed by atoms with Gasteiger partial charge in [0, 0.05) is 49.7 Å². The maximum atomic E-state index is 13.4. The molecule has 1 amide bonds. The van der Waals surface area contributed by atoms with Gasteiger partial charge in [-0.05, 0) is 24.6 Å². The molecule has 0 saturated carbocycles. The van der Waals surface area contributed by atoms with Gasteiger partial charge < -0.3 is 9.80 Å². The normalized spacial score (nSPS) is 14.5. The van der Waals surface area contributed by atoms with E-state index in [4.69, 9.17) is 5.10 Å². The first-order valence-electron chi connectivity index (χ1n) is 11.5. The van der Waals surface area contributed by atoms with Crippen LogP contribution >= 0.6 is 0 Å². The highest BCUT2D eigenvalue weighted by atomic mass is 19.4. The predicted molar refractivity (Wildman–Crippen MR) is 127 cm³/mol. The zero-order chi connectivity index (χ0) is 24.6. The zero-order valence-electron chi connectivity index (χ0n) is 19.2. The molecule has 0 N–H and O–H groups in total. The number of aromatic nitrogens is 3. The van der Waals surface area contributed by atoms with Gasteiger partial charge in [0.15, 0.2) is 5.65 Å². The number of hydrogen-bond acceptors (Lipinski definition) is 4. The fraction of sp³-hybridized carbons (Fsp3) is 0.269. The van der Waals surface area contributed by atoms with Crippen LogP contribution < -0.4 is 4.90 Å². The lowest BCUT2D eigenvalue weighted by atomic mass is 10.1. The number of halogens is 3. The van der Waals surface area contributed by atoms with E-state index in [-0.39, 0.29) is 5.91 Å². The topological polar surface area (TPSA) is 53.7 Å². The Balaban J connectivity index is 1.35. The van der Waals surface area contributed by atoms with Crippen molar-refractivity contribution in [2.75, 3.05) is 31.1 Å². The maximum Gasteiger partial charge on any atom is 0.416 e. The van der Waals surface area contributed by atoms with Crippen LogP contribution in [0.2, 0.25) is 0 Å². The number of aryl methyl sites for hydroxylation is 1. The van der Waals surface area contributed by atoms with Gasteiger partial charge in [0.1, 0.15) is 0 Å². The summed E-state index contributed by atoms with van der Waals surface area (Å²) >= 11 is 0. The highest BCUT2D eigenvalue weighted by Crippen LogP contribution is 2.32. The van der Waals surface area contributed by atoms with Crippen molar-refractivity contribution in [3.8, 4) is 11.3 Å². The largest absolute Gasteiger partial charge is 0.416 e. The van der Waals surface area contributed by atoms with Crippen LogP contribution in [0.5, 0.6) is 0 Å². The van der Waals surface area contributed by atoms with Crippen LogP contribution in [0.15, 0.2) is 66.9 Å². The van der Waals surface area contributed by atoms with Gasteiger partial charge in [-0.2, -0.15) is 18.3 Å². The van der Waals surface area contributed by atoms with Crippen LogP contribution in [-0.2, 0) is 12.6 Å². The molecule has 180 valence electrons. The lowest BCUT2D eigenvalue weighted by Gasteiger charge is -2.36. The summed E-state index contributed by atoms with van der Waals surface area (Å²) in [6.07, 6.45) is -2.19. The second-order valence-electron chi connectivity index (χ2n) is 8.47. The van der Waals surface area contributed by atoms with Crippen LogP contribution in [0.1, 0.15) is 28.5 Å². The summed E-state index contributed by atoms with van der Waals surface area (Å²) in [7, 11) is 0. The first kappa shape index (κ1) is 22.9. The molecular formula is C26H24F3N5O. The molecule has 0 unspecified atom stereocenters. The zero-order valence-corrected chi connectivity index (χ0v) is 19.2. The minimum atomic E-state index is -4.39. The SMILES string of the molecule is CCc1c(C(=O)N2CCN(c3cccc(C(F)(F)F)c3)CC2)cnc2cc(-c3ccccc3)nn12. The lowest BCUT2D eigenvalue weighted by Crippen LogP contribution is -2.49. The van der Waals surface area contributed by atoms with E-state index in [0.717, 1.165) is 29.1 Å². The fourth-order valence-electron chi connectivity index (χ4n) is 4.47. The molecule has 1 aliphatic rings. The number of piperazine rings is 1. The molecule has 35 heavy (non-hydrogen) atoms. The smallest absolute Gasteiger partial charge is 0.368 e. The van der Waals surface area contributed by atoms with E-state index in [1.165, 1.54) is 6.07 Å². The van der Waals surface area contributed by atoms with Gasteiger partial charge in [0.25, 0.3) is 5.91 Å². The molecule has 0 bridgehead atoms.